The number of aliphatic hydroxyl groups is 4. The number of amides is 4. The van der Waals surface area contributed by atoms with Crippen LogP contribution < -0.4 is 27.4 Å². The third-order valence-electron chi connectivity index (χ3n) is 11.0. The Morgan fingerprint density at radius 3 is 1.81 bits per heavy atom. The van der Waals surface area contributed by atoms with E-state index in [1.165, 1.54) is 19.1 Å². The van der Waals surface area contributed by atoms with Gasteiger partial charge in [0.1, 0.15) is 56.4 Å². The molecule has 0 spiro atoms. The number of carboxylic acids is 2. The van der Waals surface area contributed by atoms with E-state index in [-0.39, 0.29) is 64.0 Å². The molecule has 2 aliphatic rings. The number of hydrogen-bond donors (Lipinski definition) is 11. The molecule has 27 nitrogen and oxygen atoms in total. The topological polar surface area (TPSA) is 401 Å². The first-order chi connectivity index (χ1) is 35.5. The Hall–Kier alpha value is -5.67. The van der Waals surface area contributed by atoms with Gasteiger partial charge in [0.2, 0.25) is 35.1 Å². The molecule has 0 unspecified atom stereocenters. The smallest absolute Gasteiger partial charge is 0.370 e. The number of unbranched alkanes of at least 4 members (excludes halogenated alkanes) is 4. The van der Waals surface area contributed by atoms with Gasteiger partial charge in [0.15, 0.2) is 5.96 Å². The van der Waals surface area contributed by atoms with Crippen molar-refractivity contribution in [3.8, 4) is 12.3 Å². The maximum Gasteiger partial charge on any atom is 0.370 e. The van der Waals surface area contributed by atoms with Crippen LogP contribution in [0.3, 0.4) is 0 Å². The summed E-state index contributed by atoms with van der Waals surface area (Å²) < 4.78 is 43.9. The molecule has 0 saturated carbocycles. The van der Waals surface area contributed by atoms with Crippen LogP contribution in [0.2, 0.25) is 0 Å². The Morgan fingerprint density at radius 2 is 1.30 bits per heavy atom. The highest BCUT2D eigenvalue weighted by Gasteiger charge is 2.41. The lowest BCUT2D eigenvalue weighted by Crippen LogP contribution is -2.56. The number of carboxylic acid groups (broad SMARTS) is 2. The molecule has 0 radical (unpaired) electrons. The minimum absolute atomic E-state index is 0.0149. The number of aliphatic imine (C=N–C) groups is 1. The van der Waals surface area contributed by atoms with Crippen molar-refractivity contribution in [3.05, 3.63) is 23.7 Å². The Labute approximate surface area is 430 Å². The predicted octanol–water partition coefficient (Wildman–Crippen LogP) is -3.38. The van der Waals surface area contributed by atoms with Gasteiger partial charge in [-0.1, -0.05) is 5.92 Å². The van der Waals surface area contributed by atoms with E-state index in [9.17, 15) is 59.4 Å². The number of terminal acetylenes is 1. The van der Waals surface area contributed by atoms with Gasteiger partial charge in [-0.3, -0.25) is 19.2 Å². The molecule has 0 aliphatic carbocycles. The second-order valence-electron chi connectivity index (χ2n) is 16.9. The van der Waals surface area contributed by atoms with Crippen LogP contribution in [0.1, 0.15) is 64.7 Å². The van der Waals surface area contributed by atoms with E-state index in [2.05, 4.69) is 26.9 Å². The largest absolute Gasteiger partial charge is 0.480 e. The van der Waals surface area contributed by atoms with Crippen molar-refractivity contribution in [2.45, 2.75) is 113 Å². The van der Waals surface area contributed by atoms with Crippen molar-refractivity contribution in [1.82, 2.24) is 20.9 Å². The van der Waals surface area contributed by atoms with Crippen molar-refractivity contribution < 1.29 is 97.3 Å². The minimum Gasteiger partial charge on any atom is -0.480 e. The first kappa shape index (κ1) is 64.4. The maximum absolute atomic E-state index is 13.4. The van der Waals surface area contributed by atoms with Crippen LogP contribution >= 0.6 is 0 Å². The number of carbonyl (C=O) groups is 6. The number of aliphatic hydroxyl groups excluding tert-OH is 4. The maximum atomic E-state index is 13.4. The lowest BCUT2D eigenvalue weighted by Gasteiger charge is -2.37. The van der Waals surface area contributed by atoms with E-state index in [4.69, 9.17) is 55.8 Å². The van der Waals surface area contributed by atoms with E-state index < -0.39 is 116 Å². The number of aliphatic carboxylic acids is 2. The molecule has 13 N–H and O–H groups in total. The van der Waals surface area contributed by atoms with Gasteiger partial charge in [0, 0.05) is 39.5 Å². The lowest BCUT2D eigenvalue weighted by atomic mass is 9.95. The second kappa shape index (κ2) is 38.0. The van der Waals surface area contributed by atoms with E-state index in [1.54, 1.807) is 4.90 Å². The van der Waals surface area contributed by atoms with E-state index >= 15 is 0 Å². The average Bonchev–Trinajstić information content (AvgIpc) is 3.36. The molecule has 0 saturated heterocycles. The summed E-state index contributed by atoms with van der Waals surface area (Å²) in [5.74, 6) is -3.34. The average molecular weight is 1060 g/mol. The number of hydrogen-bond acceptors (Lipinski definition) is 19. The predicted molar refractivity (Wildman–Crippen MR) is 260 cm³/mol. The van der Waals surface area contributed by atoms with Gasteiger partial charge in [-0.25, -0.2) is 14.6 Å². The Morgan fingerprint density at radius 1 is 0.770 bits per heavy atom. The molecule has 74 heavy (non-hydrogen) atoms. The number of ether oxygens (including phenoxy) is 8. The van der Waals surface area contributed by atoms with Crippen molar-refractivity contribution in [1.29, 1.82) is 0 Å². The third-order valence-corrected chi connectivity index (χ3v) is 11.0. The molecule has 420 valence electrons. The van der Waals surface area contributed by atoms with Crippen LogP contribution in [-0.2, 0) is 66.7 Å². The quantitative estimate of drug-likeness (QED) is 0.0123. The molecular formula is C47H77N7O20. The molecule has 0 aromatic heterocycles. The second-order valence-corrected chi connectivity index (χ2v) is 16.9. The fourth-order valence-electron chi connectivity index (χ4n) is 7.50. The molecule has 4 amide bonds. The molecule has 27 heteroatoms. The molecule has 0 aromatic carbocycles. The molecule has 2 aliphatic heterocycles. The fraction of sp³-hybridized carbons (Fsp3) is 0.723. The summed E-state index contributed by atoms with van der Waals surface area (Å²) in [7, 11) is 0. The van der Waals surface area contributed by atoms with Crippen LogP contribution in [0, 0.1) is 12.3 Å². The van der Waals surface area contributed by atoms with Crippen molar-refractivity contribution >= 4 is 41.5 Å². The summed E-state index contributed by atoms with van der Waals surface area (Å²) in [6.07, 6.45) is 3.05. The molecular weight excluding hydrogens is 983 g/mol. The van der Waals surface area contributed by atoms with Gasteiger partial charge in [-0.15, -0.1) is 6.42 Å². The van der Waals surface area contributed by atoms with E-state index in [0.29, 0.717) is 84.6 Å². The molecule has 2 heterocycles. The number of rotatable bonds is 41. The van der Waals surface area contributed by atoms with Gasteiger partial charge >= 0.3 is 11.9 Å². The van der Waals surface area contributed by atoms with Gasteiger partial charge in [0.25, 0.3) is 0 Å². The summed E-state index contributed by atoms with van der Waals surface area (Å²) in [5, 5.41) is 67.3. The van der Waals surface area contributed by atoms with Crippen molar-refractivity contribution in [3.63, 3.8) is 0 Å². The van der Waals surface area contributed by atoms with Crippen LogP contribution in [0.5, 0.6) is 0 Å². The van der Waals surface area contributed by atoms with E-state index in [0.717, 1.165) is 0 Å². The SMILES string of the molecule is C#CCOCCOCCOCCOCCC(=O)N(CCCCCNC(=O)CO[C@H]([C@H](O)CO)[C@H]1C[C@@H](N=C(N)N)C=C(C(=O)O)O1)CCCCCNC(=O)CO[C@@H]([C@@H]1OC(C(=O)O)=CC[C@H]1NC(C)=O)[C@H](O)CO. The highest BCUT2D eigenvalue weighted by molar-refractivity contribution is 5.85. The minimum atomic E-state index is -1.58. The van der Waals surface area contributed by atoms with Gasteiger partial charge in [-0.05, 0) is 57.1 Å². The highest BCUT2D eigenvalue weighted by atomic mass is 16.6. The Balaban J connectivity index is 1.86. The summed E-state index contributed by atoms with van der Waals surface area (Å²) >= 11 is 0. The Bertz CT molecular complexity index is 1850. The highest BCUT2D eigenvalue weighted by Crippen LogP contribution is 2.26. The molecule has 2 rings (SSSR count). The van der Waals surface area contributed by atoms with Crippen molar-refractivity contribution in [2.75, 3.05) is 105 Å². The number of nitrogens with two attached hydrogens (primary N) is 2. The number of guanidine groups is 1. The zero-order chi connectivity index (χ0) is 54.7. The monoisotopic (exact) mass is 1060 g/mol. The molecule has 0 fully saturated rings. The van der Waals surface area contributed by atoms with Crippen LogP contribution in [0.25, 0.3) is 0 Å². The summed E-state index contributed by atoms with van der Waals surface area (Å²) in [6, 6.07) is -1.65. The van der Waals surface area contributed by atoms with Crippen LogP contribution in [0.15, 0.2) is 28.7 Å². The summed E-state index contributed by atoms with van der Waals surface area (Å²) in [6.45, 7) is 2.31. The first-order valence-corrected chi connectivity index (χ1v) is 24.4. The van der Waals surface area contributed by atoms with Crippen LogP contribution in [-0.4, -0.2) is 231 Å². The van der Waals surface area contributed by atoms with E-state index in [1.807, 2.05) is 0 Å². The van der Waals surface area contributed by atoms with Gasteiger partial charge < -0.3 is 101 Å². The normalized spacial score (nSPS) is 18.9. The zero-order valence-corrected chi connectivity index (χ0v) is 42.0. The Kier molecular flexibility index (Phi) is 33.1. The summed E-state index contributed by atoms with van der Waals surface area (Å²) in [5.41, 5.74) is 10.9. The standard InChI is InChI=1S/C47H77N7O20/c1-3-17-67-19-21-69-23-24-70-22-20-68-18-12-41(62)54(15-8-4-6-13-50-39(60)29-71-43(34(58)27-55)37-25-32(53-47(48)49)26-38(73-37)46(65)66)16-9-5-7-14-51-40(61)30-72-44(35(59)28-56)42-33(52-31(2)57)10-11-36(74-42)45(63)64/h1,11,26,32-35,37,42-44,55-56,58-59H,4-10,12-25,27-30H2,2H3,(H,50,60)(H,51,61)(H,52,57)(H,63,64)(H,65,66)(H4,48,49,53)/t32-,33-,34-,35-,37-,42-,43-,44-/m1/s1. The fourth-order valence-corrected chi connectivity index (χ4v) is 7.50. The molecule has 0 bridgehead atoms. The molecule has 8 atom stereocenters. The van der Waals surface area contributed by atoms with Gasteiger partial charge in [-0.2, -0.15) is 0 Å². The first-order valence-electron chi connectivity index (χ1n) is 24.4. The van der Waals surface area contributed by atoms with Gasteiger partial charge in [0.05, 0.1) is 78.0 Å². The summed E-state index contributed by atoms with van der Waals surface area (Å²) in [4.78, 5) is 79.6. The number of carbonyl (C=O) groups excluding carboxylic acids is 4. The number of nitrogens with zero attached hydrogens (tertiary/aromatic N) is 2. The number of nitrogens with one attached hydrogen (secondary N) is 3. The molecule has 0 aromatic rings. The zero-order valence-electron chi connectivity index (χ0n) is 42.0. The third kappa shape index (κ3) is 27.0. The lowest BCUT2D eigenvalue weighted by molar-refractivity contribution is -0.158. The van der Waals surface area contributed by atoms with Crippen LogP contribution in [0.4, 0.5) is 0 Å². The van der Waals surface area contributed by atoms with Crippen molar-refractivity contribution in [2.24, 2.45) is 16.5 Å².